The summed E-state index contributed by atoms with van der Waals surface area (Å²) in [6, 6.07) is 4.57. The molecule has 0 spiro atoms. The Morgan fingerprint density at radius 2 is 2.16 bits per heavy atom. The fraction of sp³-hybridized carbons (Fsp3) is 0.308. The normalized spacial score (nSPS) is 15.4. The van der Waals surface area contributed by atoms with Crippen LogP contribution in [0.1, 0.15) is 40.3 Å². The summed E-state index contributed by atoms with van der Waals surface area (Å²) in [5, 5.41) is 13.5. The number of hydrogen-bond donors (Lipinski definition) is 3. The number of aliphatic hydroxyl groups excluding tert-OH is 1. The molecule has 190 valence electrons. The molecule has 0 radical (unpaired) electrons. The molecule has 1 aromatic carbocycles. The second-order valence-electron chi connectivity index (χ2n) is 8.71. The molecule has 3 aromatic rings. The van der Waals surface area contributed by atoms with E-state index in [1.54, 1.807) is 19.1 Å². The second-order valence-corrected chi connectivity index (χ2v) is 8.71. The number of rotatable bonds is 5. The zero-order chi connectivity index (χ0) is 26.3. The molecule has 5 rings (SSSR count). The van der Waals surface area contributed by atoms with Gasteiger partial charge in [-0.2, -0.15) is 0 Å². The van der Waals surface area contributed by atoms with Crippen LogP contribution in [0, 0.1) is 24.6 Å². The first kappa shape index (κ1) is 24.6. The van der Waals surface area contributed by atoms with Gasteiger partial charge in [-0.1, -0.05) is 11.8 Å². The molecule has 0 fully saturated rings. The van der Waals surface area contributed by atoms with Crippen molar-refractivity contribution in [1.29, 1.82) is 0 Å². The first-order chi connectivity index (χ1) is 17.8. The van der Waals surface area contributed by atoms with E-state index in [-0.39, 0.29) is 50.1 Å². The summed E-state index contributed by atoms with van der Waals surface area (Å²) < 4.78 is 26.2. The smallest absolute Gasteiger partial charge is 0.340 e. The lowest BCUT2D eigenvalue weighted by Gasteiger charge is -2.21. The number of carbonyl (C=O) groups is 2. The topological polar surface area (TPSA) is 146 Å². The molecule has 4 heterocycles. The zero-order valence-corrected chi connectivity index (χ0v) is 19.9. The second kappa shape index (κ2) is 9.74. The minimum atomic E-state index is -1.57. The highest BCUT2D eigenvalue weighted by molar-refractivity contribution is 5.91. The highest BCUT2D eigenvalue weighted by Gasteiger charge is 2.34. The third kappa shape index (κ3) is 4.35. The number of nitrogens with two attached hydrogens (primary N) is 1. The number of esters is 1. The number of nitrogens with zero attached hydrogens (tertiary/aromatic N) is 2. The van der Waals surface area contributed by atoms with Gasteiger partial charge in [0.05, 0.1) is 42.2 Å². The molecule has 0 bridgehead atoms. The number of aryl methyl sites for hydroxylation is 1. The Morgan fingerprint density at radius 3 is 2.95 bits per heavy atom. The van der Waals surface area contributed by atoms with Crippen LogP contribution in [0.4, 0.5) is 4.39 Å². The van der Waals surface area contributed by atoms with Crippen molar-refractivity contribution in [2.24, 2.45) is 5.73 Å². The Labute approximate surface area is 210 Å². The minimum Gasteiger partial charge on any atom is -0.458 e. The molecule has 11 heteroatoms. The Kier molecular flexibility index (Phi) is 6.47. The van der Waals surface area contributed by atoms with Crippen LogP contribution in [0.15, 0.2) is 23.0 Å². The number of carbonyl (C=O) groups excluding carboxylic acids is 2. The summed E-state index contributed by atoms with van der Waals surface area (Å²) in [6.07, 6.45) is -1.22. The van der Waals surface area contributed by atoms with Crippen molar-refractivity contribution < 1.29 is 28.6 Å². The van der Waals surface area contributed by atoms with Crippen molar-refractivity contribution in [3.8, 4) is 23.2 Å². The average molecular weight is 506 g/mol. The van der Waals surface area contributed by atoms with Gasteiger partial charge in [-0.05, 0) is 24.6 Å². The van der Waals surface area contributed by atoms with Gasteiger partial charge in [0.25, 0.3) is 5.56 Å². The number of cyclic esters (lactones) is 1. The summed E-state index contributed by atoms with van der Waals surface area (Å²) in [4.78, 5) is 40.9. The van der Waals surface area contributed by atoms with Crippen LogP contribution in [-0.2, 0) is 32.2 Å². The molecule has 2 aliphatic rings. The highest BCUT2D eigenvalue weighted by Crippen LogP contribution is 2.38. The Hall–Kier alpha value is -4.11. The molecule has 1 atom stereocenters. The third-order valence-electron chi connectivity index (χ3n) is 6.38. The van der Waals surface area contributed by atoms with E-state index in [1.165, 1.54) is 10.6 Å². The van der Waals surface area contributed by atoms with Gasteiger partial charge < -0.3 is 30.2 Å². The van der Waals surface area contributed by atoms with Crippen LogP contribution in [-0.4, -0.2) is 46.4 Å². The first-order valence-electron chi connectivity index (χ1n) is 11.6. The predicted molar refractivity (Wildman–Crippen MR) is 130 cm³/mol. The van der Waals surface area contributed by atoms with Gasteiger partial charge in [-0.15, -0.1) is 0 Å². The fourth-order valence-electron chi connectivity index (χ4n) is 4.45. The van der Waals surface area contributed by atoms with E-state index < -0.39 is 23.4 Å². The SMILES string of the molecule is Cc1cc2c(C#CCCOCNC(=O)CN)c3c(nc2cc1F)-c1cc2c(c(=O)n1C3)COC(=O)[C@H]2O. The maximum absolute atomic E-state index is 14.4. The van der Waals surface area contributed by atoms with Gasteiger partial charge in [0.2, 0.25) is 5.91 Å². The number of hydrogen-bond acceptors (Lipinski definition) is 8. The predicted octanol–water partition coefficient (Wildman–Crippen LogP) is 0.754. The van der Waals surface area contributed by atoms with Crippen molar-refractivity contribution in [1.82, 2.24) is 14.9 Å². The molecule has 0 unspecified atom stereocenters. The monoisotopic (exact) mass is 506 g/mol. The number of benzene rings is 1. The van der Waals surface area contributed by atoms with Crippen LogP contribution < -0.4 is 16.6 Å². The van der Waals surface area contributed by atoms with Gasteiger partial charge in [-0.3, -0.25) is 9.59 Å². The minimum absolute atomic E-state index is 0.0186. The van der Waals surface area contributed by atoms with Crippen LogP contribution in [0.5, 0.6) is 0 Å². The number of amides is 1. The molecule has 1 amide bonds. The van der Waals surface area contributed by atoms with Crippen molar-refractivity contribution in [3.63, 3.8) is 0 Å². The van der Waals surface area contributed by atoms with Crippen LogP contribution >= 0.6 is 0 Å². The van der Waals surface area contributed by atoms with E-state index in [0.717, 1.165) is 0 Å². The van der Waals surface area contributed by atoms with E-state index in [9.17, 15) is 23.9 Å². The quantitative estimate of drug-likeness (QED) is 0.156. The van der Waals surface area contributed by atoms with Crippen molar-refractivity contribution in [3.05, 3.63) is 62.2 Å². The van der Waals surface area contributed by atoms with E-state index in [2.05, 4.69) is 22.1 Å². The van der Waals surface area contributed by atoms with Crippen LogP contribution in [0.3, 0.4) is 0 Å². The number of aromatic nitrogens is 2. The van der Waals surface area contributed by atoms with Crippen molar-refractivity contribution >= 4 is 22.8 Å². The van der Waals surface area contributed by atoms with Gasteiger partial charge in [0, 0.05) is 34.6 Å². The lowest BCUT2D eigenvalue weighted by atomic mass is 9.98. The molecule has 4 N–H and O–H groups in total. The van der Waals surface area contributed by atoms with E-state index in [0.29, 0.717) is 45.4 Å². The lowest BCUT2D eigenvalue weighted by Crippen LogP contribution is -2.32. The molecular formula is C26H23FN4O6. The van der Waals surface area contributed by atoms with Gasteiger partial charge in [0.15, 0.2) is 6.10 Å². The van der Waals surface area contributed by atoms with E-state index in [4.69, 9.17) is 15.2 Å². The molecule has 2 aliphatic heterocycles. The first-order valence-corrected chi connectivity index (χ1v) is 11.6. The van der Waals surface area contributed by atoms with Crippen molar-refractivity contribution in [2.45, 2.75) is 32.6 Å². The van der Waals surface area contributed by atoms with E-state index >= 15 is 0 Å². The maximum Gasteiger partial charge on any atom is 0.340 e. The van der Waals surface area contributed by atoms with Gasteiger partial charge in [-0.25, -0.2) is 14.2 Å². The summed E-state index contributed by atoms with van der Waals surface area (Å²) in [5.74, 6) is 4.61. The molecule has 10 nitrogen and oxygen atoms in total. The molecule has 37 heavy (non-hydrogen) atoms. The molecule has 2 aromatic heterocycles. The number of halogens is 1. The number of fused-ring (bicyclic) bond motifs is 5. The maximum atomic E-state index is 14.4. The summed E-state index contributed by atoms with van der Waals surface area (Å²) in [7, 11) is 0. The van der Waals surface area contributed by atoms with Crippen molar-refractivity contribution in [2.75, 3.05) is 19.9 Å². The third-order valence-corrected chi connectivity index (χ3v) is 6.38. The fourth-order valence-corrected chi connectivity index (χ4v) is 4.45. The van der Waals surface area contributed by atoms with E-state index in [1.807, 2.05) is 0 Å². The number of pyridine rings is 2. The summed E-state index contributed by atoms with van der Waals surface area (Å²) in [6.45, 7) is 1.75. The average Bonchev–Trinajstić information content (AvgIpc) is 3.25. The number of ether oxygens (including phenoxy) is 2. The van der Waals surface area contributed by atoms with Gasteiger partial charge in [0.1, 0.15) is 19.2 Å². The summed E-state index contributed by atoms with van der Waals surface area (Å²) in [5.41, 5.74) is 8.16. The zero-order valence-electron chi connectivity index (χ0n) is 19.9. The standard InChI is InChI=1S/C26H23FN4O6/c1-13-6-15-14(4-2-3-5-36-12-29-22(32)9-28)17-10-31-21(23(17)30-20(15)8-19(13)27)7-16-18(25(31)34)11-37-26(35)24(16)33/h6-8,24,33H,3,5,9-12,28H2,1H3,(H,29,32)/t24-/m0/s1. The largest absolute Gasteiger partial charge is 0.458 e. The molecule has 0 aliphatic carbocycles. The Balaban J connectivity index is 1.55. The number of aliphatic hydroxyl groups is 1. The molecule has 0 saturated carbocycles. The molecule has 0 saturated heterocycles. The van der Waals surface area contributed by atoms with Gasteiger partial charge >= 0.3 is 5.97 Å². The summed E-state index contributed by atoms with van der Waals surface area (Å²) >= 11 is 0. The Bertz CT molecular complexity index is 1590. The number of nitrogens with one attached hydrogen (secondary N) is 1. The highest BCUT2D eigenvalue weighted by atomic mass is 19.1. The Morgan fingerprint density at radius 1 is 1.35 bits per heavy atom. The van der Waals surface area contributed by atoms with Crippen LogP contribution in [0.25, 0.3) is 22.3 Å². The molecular weight excluding hydrogens is 483 g/mol. The van der Waals surface area contributed by atoms with Crippen LogP contribution in [0.2, 0.25) is 0 Å². The lowest BCUT2D eigenvalue weighted by molar-refractivity contribution is -0.157.